The van der Waals surface area contributed by atoms with Crippen molar-refractivity contribution in [2.45, 2.75) is 59.4 Å². The van der Waals surface area contributed by atoms with Gasteiger partial charge in [-0.05, 0) is 86.2 Å². The first-order valence-corrected chi connectivity index (χ1v) is 14.2. The summed E-state index contributed by atoms with van der Waals surface area (Å²) in [5, 5.41) is 0.936. The van der Waals surface area contributed by atoms with E-state index < -0.39 is 5.60 Å². The highest BCUT2D eigenvalue weighted by Gasteiger charge is 2.18. The highest BCUT2D eigenvalue weighted by Crippen LogP contribution is 2.29. The quantitative estimate of drug-likeness (QED) is 0.125. The van der Waals surface area contributed by atoms with Crippen LogP contribution in [0.3, 0.4) is 0 Å². The van der Waals surface area contributed by atoms with Crippen LogP contribution in [0.5, 0.6) is 11.5 Å². The van der Waals surface area contributed by atoms with Gasteiger partial charge in [0.25, 0.3) is 0 Å². The summed E-state index contributed by atoms with van der Waals surface area (Å²) in [6.07, 6.45) is 0.282. The lowest BCUT2D eigenvalue weighted by atomic mass is 10.1. The maximum atomic E-state index is 12.3. The monoisotopic (exact) mass is 656 g/mol. The van der Waals surface area contributed by atoms with E-state index in [1.54, 1.807) is 6.92 Å². The van der Waals surface area contributed by atoms with Crippen LogP contribution in [0.25, 0.3) is 11.0 Å². The van der Waals surface area contributed by atoms with Gasteiger partial charge in [0, 0.05) is 16.5 Å². The average molecular weight is 657 g/mol. The number of ether oxygens (including phenoxy) is 4. The van der Waals surface area contributed by atoms with Gasteiger partial charge in [-0.25, -0.2) is 0 Å². The van der Waals surface area contributed by atoms with Crippen molar-refractivity contribution >= 4 is 45.5 Å². The molecular weight excluding hydrogens is 623 g/mol. The van der Waals surface area contributed by atoms with Crippen LogP contribution in [-0.4, -0.2) is 24.1 Å². The molecular formula is C32H33IO7. The van der Waals surface area contributed by atoms with Crippen LogP contribution in [0.4, 0.5) is 0 Å². The van der Waals surface area contributed by atoms with Gasteiger partial charge < -0.3 is 23.4 Å². The van der Waals surface area contributed by atoms with E-state index in [0.29, 0.717) is 30.5 Å². The van der Waals surface area contributed by atoms with E-state index in [1.807, 2.05) is 87.5 Å². The van der Waals surface area contributed by atoms with Crippen molar-refractivity contribution in [1.82, 2.24) is 0 Å². The minimum Gasteiger partial charge on any atom is -0.489 e. The first-order valence-electron chi connectivity index (χ1n) is 13.1. The first-order chi connectivity index (χ1) is 19.1. The van der Waals surface area contributed by atoms with Gasteiger partial charge in [0.2, 0.25) is 0 Å². The maximum absolute atomic E-state index is 12.3. The van der Waals surface area contributed by atoms with Gasteiger partial charge in [0.1, 0.15) is 41.7 Å². The number of fused-ring (bicyclic) bond motifs is 1. The number of carbonyl (C=O) groups is 2. The number of benzene rings is 3. The molecule has 0 radical (unpaired) electrons. The topological polar surface area (TPSA) is 84.2 Å². The van der Waals surface area contributed by atoms with Gasteiger partial charge in [0.05, 0.1) is 23.0 Å². The Hall–Kier alpha value is -3.53. The predicted octanol–water partition coefficient (Wildman–Crippen LogP) is 7.19. The van der Waals surface area contributed by atoms with E-state index in [9.17, 15) is 9.59 Å². The van der Waals surface area contributed by atoms with Crippen molar-refractivity contribution in [3.8, 4) is 11.5 Å². The zero-order valence-corrected chi connectivity index (χ0v) is 25.3. The Morgan fingerprint density at radius 3 is 2.05 bits per heavy atom. The van der Waals surface area contributed by atoms with Crippen LogP contribution in [0.2, 0.25) is 0 Å². The molecule has 0 unspecified atom stereocenters. The lowest BCUT2D eigenvalue weighted by Crippen LogP contribution is -2.25. The van der Waals surface area contributed by atoms with Crippen LogP contribution >= 0.6 is 22.6 Å². The van der Waals surface area contributed by atoms with E-state index in [2.05, 4.69) is 22.6 Å². The molecule has 0 aliphatic heterocycles. The fourth-order valence-electron chi connectivity index (χ4n) is 4.17. The van der Waals surface area contributed by atoms with E-state index in [4.69, 9.17) is 23.4 Å². The summed E-state index contributed by atoms with van der Waals surface area (Å²) in [5.41, 5.74) is 2.73. The van der Waals surface area contributed by atoms with Gasteiger partial charge in [0.15, 0.2) is 0 Å². The highest BCUT2D eigenvalue weighted by molar-refractivity contribution is 14.1. The molecule has 0 fully saturated rings. The summed E-state index contributed by atoms with van der Waals surface area (Å²) in [5.74, 6) is 1.34. The fraction of sp³-hybridized carbons (Fsp3) is 0.312. The zero-order valence-electron chi connectivity index (χ0n) is 23.1. The van der Waals surface area contributed by atoms with Crippen LogP contribution in [0.15, 0.2) is 71.1 Å². The van der Waals surface area contributed by atoms with E-state index in [1.165, 1.54) is 0 Å². The fourth-order valence-corrected chi connectivity index (χ4v) is 4.99. The highest BCUT2D eigenvalue weighted by atomic mass is 127. The minimum absolute atomic E-state index is 0.123. The Morgan fingerprint density at radius 1 is 0.825 bits per heavy atom. The average Bonchev–Trinajstić information content (AvgIpc) is 3.30. The Morgan fingerprint density at radius 2 is 1.43 bits per heavy atom. The van der Waals surface area contributed by atoms with Crippen molar-refractivity contribution in [3.05, 3.63) is 92.8 Å². The number of esters is 2. The molecule has 0 saturated carbocycles. The van der Waals surface area contributed by atoms with Crippen molar-refractivity contribution in [1.29, 1.82) is 0 Å². The summed E-state index contributed by atoms with van der Waals surface area (Å²) in [6, 6.07) is 20.9. The zero-order chi connectivity index (χ0) is 28.7. The maximum Gasteiger partial charge on any atom is 0.310 e. The summed E-state index contributed by atoms with van der Waals surface area (Å²) in [7, 11) is 0. The number of para-hydroxylation sites is 2. The molecule has 4 rings (SSSR count). The number of carbonyl (C=O) groups excluding carboxylic acids is 2. The second kappa shape index (κ2) is 13.2. The molecule has 1 heterocycles. The Bertz CT molecular complexity index is 1480. The van der Waals surface area contributed by atoms with E-state index in [-0.39, 0.29) is 31.4 Å². The molecule has 0 N–H and O–H groups in total. The molecule has 210 valence electrons. The molecule has 4 aromatic rings. The van der Waals surface area contributed by atoms with Gasteiger partial charge in [-0.2, -0.15) is 0 Å². The third-order valence-corrected chi connectivity index (χ3v) is 6.59. The second-order valence-electron chi connectivity index (χ2n) is 10.2. The molecule has 8 heteroatoms. The summed E-state index contributed by atoms with van der Waals surface area (Å²) < 4.78 is 29.7. The Labute approximate surface area is 247 Å². The van der Waals surface area contributed by atoms with Crippen molar-refractivity contribution in [3.63, 3.8) is 0 Å². The van der Waals surface area contributed by atoms with Gasteiger partial charge in [-0.1, -0.05) is 36.4 Å². The summed E-state index contributed by atoms with van der Waals surface area (Å²) in [6.45, 7) is 8.22. The van der Waals surface area contributed by atoms with Crippen molar-refractivity contribution in [2.24, 2.45) is 0 Å². The standard InChI is InChI=1S/C32H33IO7/c1-5-36-29(34)17-22-10-6-8-12-27(22)37-19-21-14-24-16-25(39-31(24)26(33)15-21)20-38-28-13-9-7-11-23(28)18-30(35)40-32(2,3)4/h6-16H,5,17-20H2,1-4H3. The molecule has 1 aromatic heterocycles. The second-order valence-corrected chi connectivity index (χ2v) is 11.4. The molecule has 0 bridgehead atoms. The molecule has 7 nitrogen and oxygen atoms in total. The van der Waals surface area contributed by atoms with Crippen molar-refractivity contribution in [2.75, 3.05) is 6.61 Å². The molecule has 0 aliphatic carbocycles. The molecule has 0 amide bonds. The van der Waals surface area contributed by atoms with Crippen molar-refractivity contribution < 1.29 is 33.0 Å². The van der Waals surface area contributed by atoms with E-state index >= 15 is 0 Å². The van der Waals surface area contributed by atoms with Gasteiger partial charge in [-0.15, -0.1) is 0 Å². The number of hydrogen-bond acceptors (Lipinski definition) is 7. The molecule has 0 spiro atoms. The van der Waals surface area contributed by atoms with Crippen LogP contribution in [-0.2, 0) is 45.1 Å². The van der Waals surface area contributed by atoms with E-state index in [0.717, 1.165) is 31.2 Å². The molecule has 0 atom stereocenters. The summed E-state index contributed by atoms with van der Waals surface area (Å²) in [4.78, 5) is 24.3. The number of rotatable bonds is 11. The van der Waals surface area contributed by atoms with Crippen LogP contribution < -0.4 is 9.47 Å². The van der Waals surface area contributed by atoms with Crippen LogP contribution in [0, 0.1) is 3.57 Å². The van der Waals surface area contributed by atoms with Crippen LogP contribution in [0.1, 0.15) is 50.1 Å². The third-order valence-electron chi connectivity index (χ3n) is 5.79. The minimum atomic E-state index is -0.547. The lowest BCUT2D eigenvalue weighted by Gasteiger charge is -2.20. The molecule has 3 aromatic carbocycles. The molecule has 0 saturated heterocycles. The summed E-state index contributed by atoms with van der Waals surface area (Å²) >= 11 is 2.25. The number of furan rings is 1. The Kier molecular flexibility index (Phi) is 9.73. The predicted molar refractivity (Wildman–Crippen MR) is 160 cm³/mol. The largest absolute Gasteiger partial charge is 0.489 e. The molecule has 40 heavy (non-hydrogen) atoms. The van der Waals surface area contributed by atoms with Gasteiger partial charge in [-0.3, -0.25) is 9.59 Å². The molecule has 0 aliphatic rings. The SMILES string of the molecule is CCOC(=O)Cc1ccccc1OCc1cc(I)c2oc(COc3ccccc3CC(=O)OC(C)(C)C)cc2c1. The number of halogens is 1. The lowest BCUT2D eigenvalue weighted by molar-refractivity contribution is -0.154. The third kappa shape index (κ3) is 8.24. The Balaban J connectivity index is 1.43. The smallest absolute Gasteiger partial charge is 0.310 e. The normalized spacial score (nSPS) is 11.3. The first kappa shape index (κ1) is 29.5. The van der Waals surface area contributed by atoms with Gasteiger partial charge >= 0.3 is 11.9 Å². The number of hydrogen-bond donors (Lipinski definition) is 0.